The van der Waals surface area contributed by atoms with Gasteiger partial charge < -0.3 is 4.98 Å². The van der Waals surface area contributed by atoms with Crippen molar-refractivity contribution >= 4 is 0 Å². The third-order valence-electron chi connectivity index (χ3n) is 2.23. The van der Waals surface area contributed by atoms with Crippen molar-refractivity contribution in [3.8, 4) is 0 Å². The minimum Gasteiger partial charge on any atom is -0.456 e. The molecular formula is C14H19NRu. The molecule has 2 heteroatoms. The van der Waals surface area contributed by atoms with E-state index in [2.05, 4.69) is 43.1 Å². The van der Waals surface area contributed by atoms with Crippen LogP contribution >= 0.6 is 0 Å². The average Bonchev–Trinajstić information content (AvgIpc) is 2.77. The third kappa shape index (κ3) is 5.46. The molecule has 1 nitrogen and oxygen atoms in total. The van der Waals surface area contributed by atoms with Gasteiger partial charge in [0.1, 0.15) is 0 Å². The number of rotatable bonds is 1. The SMILES string of the molecule is CC(C)C1=[C-]CC=C1.Cc1[c-]cc(C)[nH]1.[Ru+2]. The standard InChI is InChI=1S/C8H11.C6H8N.Ru/c1-7(2)8-5-3-4-6-8;1-5-3-4-6(2)7-5;/h3,5,7H,4H2,1-2H3;3,7H,1-2H3;/q2*-1;+2. The summed E-state index contributed by atoms with van der Waals surface area (Å²) in [5.74, 6) is 0.661. The molecule has 0 spiro atoms. The Labute approximate surface area is 112 Å². The molecule has 0 fully saturated rings. The first-order valence-electron chi connectivity index (χ1n) is 5.40. The molecule has 1 aromatic heterocycles. The fourth-order valence-electron chi connectivity index (χ4n) is 1.40. The molecule has 1 aliphatic rings. The summed E-state index contributed by atoms with van der Waals surface area (Å²) < 4.78 is 0. The van der Waals surface area contributed by atoms with Crippen molar-refractivity contribution in [3.63, 3.8) is 0 Å². The van der Waals surface area contributed by atoms with E-state index in [1.165, 1.54) is 11.3 Å². The number of H-pyrrole nitrogens is 1. The Morgan fingerprint density at radius 2 is 2.00 bits per heavy atom. The Hall–Kier alpha value is -0.617. The maximum Gasteiger partial charge on any atom is 2.00 e. The number of nitrogens with one attached hydrogen (secondary N) is 1. The van der Waals surface area contributed by atoms with E-state index in [1.54, 1.807) is 0 Å². The van der Waals surface area contributed by atoms with Gasteiger partial charge in [0.2, 0.25) is 0 Å². The third-order valence-corrected chi connectivity index (χ3v) is 2.23. The molecule has 1 heterocycles. The van der Waals surface area contributed by atoms with Crippen LogP contribution in [-0.4, -0.2) is 4.98 Å². The smallest absolute Gasteiger partial charge is 0.456 e. The Balaban J connectivity index is 0.000000267. The first kappa shape index (κ1) is 15.4. The molecule has 1 N–H and O–H groups in total. The second kappa shape index (κ2) is 7.62. The number of allylic oxidation sites excluding steroid dienone is 4. The summed E-state index contributed by atoms with van der Waals surface area (Å²) in [6.45, 7) is 8.40. The van der Waals surface area contributed by atoms with Crippen LogP contribution in [-0.2, 0) is 19.5 Å². The van der Waals surface area contributed by atoms with Crippen molar-refractivity contribution in [1.82, 2.24) is 4.98 Å². The van der Waals surface area contributed by atoms with E-state index < -0.39 is 0 Å². The summed E-state index contributed by atoms with van der Waals surface area (Å²) >= 11 is 0. The molecule has 0 amide bonds. The van der Waals surface area contributed by atoms with Crippen LogP contribution in [0.15, 0.2) is 23.8 Å². The summed E-state index contributed by atoms with van der Waals surface area (Å²) in [7, 11) is 0. The van der Waals surface area contributed by atoms with Crippen molar-refractivity contribution in [3.05, 3.63) is 47.3 Å². The molecule has 2 rings (SSSR count). The minimum absolute atomic E-state index is 0. The second-order valence-corrected chi connectivity index (χ2v) is 4.11. The normalized spacial score (nSPS) is 12.9. The van der Waals surface area contributed by atoms with Gasteiger partial charge in [-0.25, -0.2) is 23.8 Å². The molecule has 0 saturated heterocycles. The Morgan fingerprint density at radius 3 is 2.19 bits per heavy atom. The molecule has 0 radical (unpaired) electrons. The van der Waals surface area contributed by atoms with Crippen molar-refractivity contribution in [2.75, 3.05) is 0 Å². The molecule has 16 heavy (non-hydrogen) atoms. The molecule has 88 valence electrons. The van der Waals surface area contributed by atoms with E-state index in [1.807, 2.05) is 19.9 Å². The molecular weight excluding hydrogens is 283 g/mol. The molecule has 0 saturated carbocycles. The van der Waals surface area contributed by atoms with E-state index >= 15 is 0 Å². The van der Waals surface area contributed by atoms with Gasteiger partial charge in [0.05, 0.1) is 0 Å². The van der Waals surface area contributed by atoms with Gasteiger partial charge in [0, 0.05) is 0 Å². The minimum atomic E-state index is 0. The van der Waals surface area contributed by atoms with Crippen LogP contribution in [0.5, 0.6) is 0 Å². The van der Waals surface area contributed by atoms with Gasteiger partial charge in [0.25, 0.3) is 0 Å². The zero-order chi connectivity index (χ0) is 11.3. The van der Waals surface area contributed by atoms with E-state index in [-0.39, 0.29) is 19.5 Å². The molecule has 0 aliphatic heterocycles. The maximum atomic E-state index is 3.26. The van der Waals surface area contributed by atoms with Gasteiger partial charge in [0.15, 0.2) is 0 Å². The Morgan fingerprint density at radius 1 is 1.31 bits per heavy atom. The van der Waals surface area contributed by atoms with Gasteiger partial charge in [-0.2, -0.15) is 6.08 Å². The molecule has 0 bridgehead atoms. The first-order chi connectivity index (χ1) is 7.09. The van der Waals surface area contributed by atoms with Crippen LogP contribution < -0.4 is 0 Å². The average molecular weight is 302 g/mol. The van der Waals surface area contributed by atoms with E-state index in [0.717, 1.165) is 12.1 Å². The number of aromatic amines is 1. The van der Waals surface area contributed by atoms with Crippen LogP contribution in [0.25, 0.3) is 0 Å². The van der Waals surface area contributed by atoms with Crippen LogP contribution in [0.1, 0.15) is 31.7 Å². The Kier molecular flexibility index (Phi) is 7.33. The fraction of sp³-hybridized carbons (Fsp3) is 0.429. The Bertz CT molecular complexity index is 342. The van der Waals surface area contributed by atoms with Crippen molar-refractivity contribution < 1.29 is 19.5 Å². The molecule has 1 aromatic rings. The quantitative estimate of drug-likeness (QED) is 0.600. The van der Waals surface area contributed by atoms with E-state index in [4.69, 9.17) is 0 Å². The van der Waals surface area contributed by atoms with Crippen LogP contribution in [0.3, 0.4) is 0 Å². The maximum absolute atomic E-state index is 3.26. The molecule has 0 atom stereocenters. The van der Waals surface area contributed by atoms with Crippen molar-refractivity contribution in [2.45, 2.75) is 34.1 Å². The largest absolute Gasteiger partial charge is 2.00 e. The van der Waals surface area contributed by atoms with Crippen molar-refractivity contribution in [1.29, 1.82) is 0 Å². The molecule has 0 aromatic carbocycles. The zero-order valence-electron chi connectivity index (χ0n) is 10.4. The topological polar surface area (TPSA) is 15.8 Å². The van der Waals surface area contributed by atoms with Crippen LogP contribution in [0, 0.1) is 31.9 Å². The summed E-state index contributed by atoms with van der Waals surface area (Å²) in [6.07, 6.45) is 8.59. The first-order valence-corrected chi connectivity index (χ1v) is 5.40. The second-order valence-electron chi connectivity index (χ2n) is 4.11. The summed E-state index contributed by atoms with van der Waals surface area (Å²) in [6, 6.07) is 4.95. The number of hydrogen-bond donors (Lipinski definition) is 1. The zero-order valence-corrected chi connectivity index (χ0v) is 12.1. The summed E-state index contributed by atoms with van der Waals surface area (Å²) in [5.41, 5.74) is 3.65. The number of aryl methyl sites for hydroxylation is 2. The van der Waals surface area contributed by atoms with Crippen LogP contribution in [0.4, 0.5) is 0 Å². The fourth-order valence-corrected chi connectivity index (χ4v) is 1.40. The van der Waals surface area contributed by atoms with Gasteiger partial charge in [-0.3, -0.25) is 6.08 Å². The predicted octanol–water partition coefficient (Wildman–Crippen LogP) is 3.76. The monoisotopic (exact) mass is 303 g/mol. The molecule has 1 aliphatic carbocycles. The van der Waals surface area contributed by atoms with Gasteiger partial charge in [-0.05, 0) is 6.92 Å². The van der Waals surface area contributed by atoms with Gasteiger partial charge in [-0.1, -0.05) is 32.4 Å². The van der Waals surface area contributed by atoms with Gasteiger partial charge >= 0.3 is 19.5 Å². The predicted molar refractivity (Wildman–Crippen MR) is 64.5 cm³/mol. The number of hydrogen-bond acceptors (Lipinski definition) is 0. The van der Waals surface area contributed by atoms with Gasteiger partial charge in [-0.15, -0.1) is 12.1 Å². The summed E-state index contributed by atoms with van der Waals surface area (Å²) in [4.78, 5) is 3.08. The summed E-state index contributed by atoms with van der Waals surface area (Å²) in [5, 5.41) is 0. The van der Waals surface area contributed by atoms with E-state index in [0.29, 0.717) is 5.92 Å². The number of aromatic nitrogens is 1. The van der Waals surface area contributed by atoms with E-state index in [9.17, 15) is 0 Å². The van der Waals surface area contributed by atoms with Crippen LogP contribution in [0.2, 0.25) is 0 Å². The van der Waals surface area contributed by atoms with Crippen molar-refractivity contribution in [2.24, 2.45) is 5.92 Å². The molecule has 0 unspecified atom stereocenters.